The summed E-state index contributed by atoms with van der Waals surface area (Å²) in [5, 5.41) is 11.2. The van der Waals surface area contributed by atoms with Crippen molar-refractivity contribution >= 4 is 28.1 Å². The second-order valence-corrected chi connectivity index (χ2v) is 8.58. The van der Waals surface area contributed by atoms with E-state index in [4.69, 9.17) is 0 Å². The van der Waals surface area contributed by atoms with Gasteiger partial charge in [-0.15, -0.1) is 0 Å². The van der Waals surface area contributed by atoms with Crippen LogP contribution >= 0.6 is 0 Å². The van der Waals surface area contributed by atoms with Crippen LogP contribution in [0.3, 0.4) is 0 Å². The fourth-order valence-electron chi connectivity index (χ4n) is 3.39. The minimum Gasteiger partial charge on any atom is -0.304 e. The van der Waals surface area contributed by atoms with E-state index in [1.54, 1.807) is 17.0 Å². The first-order valence-electron chi connectivity index (χ1n) is 9.79. The molecule has 154 valence electrons. The number of amides is 2. The highest BCUT2D eigenvalue weighted by Gasteiger charge is 2.27. The highest BCUT2D eigenvalue weighted by molar-refractivity contribution is 7.88. The molecule has 1 heterocycles. The van der Waals surface area contributed by atoms with Crippen molar-refractivity contribution in [1.29, 1.82) is 0 Å². The van der Waals surface area contributed by atoms with Crippen LogP contribution in [0.25, 0.3) is 0 Å². The monoisotopic (exact) mass is 414 g/mol. The predicted octanol–water partition coefficient (Wildman–Crippen LogP) is 4.80. The Morgan fingerprint density at radius 3 is 2.62 bits per heavy atom. The molecular weight excluding hydrogens is 388 g/mol. The molecule has 1 aliphatic rings. The molecule has 0 aliphatic carbocycles. The van der Waals surface area contributed by atoms with E-state index < -0.39 is 15.6 Å². The van der Waals surface area contributed by atoms with E-state index in [1.807, 2.05) is 25.1 Å². The summed E-state index contributed by atoms with van der Waals surface area (Å²) >= 11 is 0. The number of non-ortho nitro benzene ring substituents is 1. The summed E-state index contributed by atoms with van der Waals surface area (Å²) in [6, 6.07) is 12.1. The number of hydrogen-bond donors (Lipinski definition) is 0. The standard InChI is InChI=1S/C21H26N4O3S/c1-4-23(5-2)12-7-13-24-19-14-16(3)10-11-20(19)29(22-21(24)26)18-9-6-8-17(15-18)25(27)28/h6,8-11,14-15H,4-5,7,12-13H2,1-3H3. The van der Waals surface area contributed by atoms with Gasteiger partial charge in [-0.3, -0.25) is 15.0 Å². The number of urea groups is 1. The first-order chi connectivity index (χ1) is 13.9. The number of nitrogens with zero attached hydrogens (tertiary/aromatic N) is 4. The quantitative estimate of drug-likeness (QED) is 0.459. The lowest BCUT2D eigenvalue weighted by Gasteiger charge is -2.29. The molecule has 2 aromatic carbocycles. The molecule has 29 heavy (non-hydrogen) atoms. The normalized spacial score (nSPS) is 15.9. The van der Waals surface area contributed by atoms with Crippen molar-refractivity contribution in [2.45, 2.75) is 37.0 Å². The number of nitro groups is 1. The van der Waals surface area contributed by atoms with Crippen molar-refractivity contribution in [2.75, 3.05) is 31.1 Å². The number of rotatable bonds is 8. The Morgan fingerprint density at radius 1 is 1.17 bits per heavy atom. The first-order valence-corrected chi connectivity index (χ1v) is 11.0. The molecule has 3 rings (SSSR count). The van der Waals surface area contributed by atoms with Crippen molar-refractivity contribution in [1.82, 2.24) is 4.90 Å². The smallest absolute Gasteiger partial charge is 0.304 e. The Kier molecular flexibility index (Phi) is 6.76. The molecule has 0 spiro atoms. The number of hydrogen-bond acceptors (Lipinski definition) is 4. The Balaban J connectivity index is 1.94. The van der Waals surface area contributed by atoms with Crippen LogP contribution in [0.2, 0.25) is 0 Å². The summed E-state index contributed by atoms with van der Waals surface area (Å²) in [4.78, 5) is 29.3. The van der Waals surface area contributed by atoms with Gasteiger partial charge in [-0.1, -0.05) is 26.0 Å². The van der Waals surface area contributed by atoms with Gasteiger partial charge in [0.1, 0.15) is 0 Å². The first kappa shape index (κ1) is 21.1. The molecular formula is C21H26N4O3S. The molecule has 1 unspecified atom stereocenters. The maximum atomic E-state index is 12.9. The van der Waals surface area contributed by atoms with Crippen LogP contribution in [0, 0.1) is 17.0 Å². The van der Waals surface area contributed by atoms with Crippen LogP contribution in [0.15, 0.2) is 56.6 Å². The lowest BCUT2D eigenvalue weighted by atomic mass is 10.2. The van der Waals surface area contributed by atoms with E-state index in [2.05, 4.69) is 23.1 Å². The fourth-order valence-corrected chi connectivity index (χ4v) is 5.10. The van der Waals surface area contributed by atoms with Crippen LogP contribution in [-0.4, -0.2) is 42.0 Å². The van der Waals surface area contributed by atoms with Crippen molar-refractivity contribution in [3.8, 4) is 0 Å². The van der Waals surface area contributed by atoms with Crippen molar-refractivity contribution in [3.63, 3.8) is 0 Å². The maximum absolute atomic E-state index is 12.9. The van der Waals surface area contributed by atoms with E-state index >= 15 is 0 Å². The van der Waals surface area contributed by atoms with Crippen LogP contribution in [0.1, 0.15) is 25.8 Å². The lowest BCUT2D eigenvalue weighted by molar-refractivity contribution is -0.385. The molecule has 7 nitrogen and oxygen atoms in total. The van der Waals surface area contributed by atoms with E-state index in [-0.39, 0.29) is 11.7 Å². The number of carbonyl (C=O) groups excluding carboxylic acids is 1. The Bertz CT molecular complexity index is 957. The zero-order valence-electron chi connectivity index (χ0n) is 17.0. The van der Waals surface area contributed by atoms with Gasteiger partial charge in [0, 0.05) is 28.5 Å². The number of anilines is 1. The topological polar surface area (TPSA) is 79.0 Å². The molecule has 0 aromatic heterocycles. The van der Waals surface area contributed by atoms with Gasteiger partial charge in [-0.05, 0) is 67.4 Å². The highest BCUT2D eigenvalue weighted by Crippen LogP contribution is 2.35. The molecule has 0 bridgehead atoms. The second kappa shape index (κ2) is 9.28. The summed E-state index contributed by atoms with van der Waals surface area (Å²) < 4.78 is 4.42. The van der Waals surface area contributed by atoms with Crippen LogP contribution < -0.4 is 4.90 Å². The maximum Gasteiger partial charge on any atom is 0.354 e. The number of aryl methyl sites for hydroxylation is 1. The molecule has 2 aromatic rings. The third kappa shape index (κ3) is 4.71. The minimum absolute atomic E-state index is 0.00737. The van der Waals surface area contributed by atoms with E-state index in [9.17, 15) is 14.9 Å². The third-order valence-corrected chi connectivity index (χ3v) is 6.82. The number of benzene rings is 2. The Morgan fingerprint density at radius 2 is 1.93 bits per heavy atom. The molecule has 0 N–H and O–H groups in total. The molecule has 0 fully saturated rings. The van der Waals surface area contributed by atoms with Crippen molar-refractivity contribution in [3.05, 3.63) is 58.1 Å². The summed E-state index contributed by atoms with van der Waals surface area (Å²) in [6.45, 7) is 9.76. The van der Waals surface area contributed by atoms with Crippen molar-refractivity contribution < 1.29 is 9.72 Å². The molecule has 0 saturated heterocycles. The SMILES string of the molecule is CCN(CC)CCCN1C(=O)N=S(c2cccc([N+](=O)[O-])c2)c2ccc(C)cc21. The molecule has 1 aliphatic heterocycles. The number of carbonyl (C=O) groups is 1. The van der Waals surface area contributed by atoms with Gasteiger partial charge in [-0.2, -0.15) is 4.36 Å². The van der Waals surface area contributed by atoms with Gasteiger partial charge in [0.05, 0.1) is 10.6 Å². The van der Waals surface area contributed by atoms with Gasteiger partial charge < -0.3 is 4.90 Å². The Hall–Kier alpha value is -2.58. The largest absolute Gasteiger partial charge is 0.354 e. The summed E-state index contributed by atoms with van der Waals surface area (Å²) in [5.41, 5.74) is 1.93. The van der Waals surface area contributed by atoms with Crippen LogP contribution in [-0.2, 0) is 10.7 Å². The highest BCUT2D eigenvalue weighted by atomic mass is 32.2. The fraction of sp³-hybridized carbons (Fsp3) is 0.381. The number of fused-ring (bicyclic) bond motifs is 1. The average molecular weight is 415 g/mol. The molecule has 2 amide bonds. The van der Waals surface area contributed by atoms with E-state index in [0.717, 1.165) is 42.2 Å². The summed E-state index contributed by atoms with van der Waals surface area (Å²) in [6.07, 6.45) is 0.862. The summed E-state index contributed by atoms with van der Waals surface area (Å²) in [5.74, 6) is 0. The summed E-state index contributed by atoms with van der Waals surface area (Å²) in [7, 11) is -0.867. The molecule has 0 radical (unpaired) electrons. The molecule has 1 atom stereocenters. The van der Waals surface area contributed by atoms with Crippen molar-refractivity contribution in [2.24, 2.45) is 4.36 Å². The lowest BCUT2D eigenvalue weighted by Crippen LogP contribution is -2.35. The zero-order valence-corrected chi connectivity index (χ0v) is 17.8. The molecule has 0 saturated carbocycles. The third-order valence-electron chi connectivity index (χ3n) is 5.02. The van der Waals surface area contributed by atoms with Crippen LogP contribution in [0.5, 0.6) is 0 Å². The Labute approximate surface area is 173 Å². The van der Waals surface area contributed by atoms with Gasteiger partial charge in [0.15, 0.2) is 0 Å². The predicted molar refractivity (Wildman–Crippen MR) is 116 cm³/mol. The minimum atomic E-state index is -0.867. The zero-order chi connectivity index (χ0) is 21.0. The van der Waals surface area contributed by atoms with Gasteiger partial charge >= 0.3 is 6.03 Å². The number of nitro benzene ring substituents is 1. The average Bonchev–Trinajstić information content (AvgIpc) is 2.72. The van der Waals surface area contributed by atoms with Gasteiger partial charge in [-0.25, -0.2) is 4.79 Å². The van der Waals surface area contributed by atoms with Gasteiger partial charge in [0.25, 0.3) is 5.69 Å². The molecule has 8 heteroatoms. The second-order valence-electron chi connectivity index (χ2n) is 6.92. The van der Waals surface area contributed by atoms with Crippen LogP contribution in [0.4, 0.5) is 16.2 Å². The van der Waals surface area contributed by atoms with E-state index in [0.29, 0.717) is 11.4 Å². The van der Waals surface area contributed by atoms with Gasteiger partial charge in [0.2, 0.25) is 0 Å². The van der Waals surface area contributed by atoms with E-state index in [1.165, 1.54) is 12.1 Å².